The first-order chi connectivity index (χ1) is 7.27. The van der Waals surface area contributed by atoms with Crippen molar-refractivity contribution in [3.8, 4) is 11.8 Å². The van der Waals surface area contributed by atoms with Crippen molar-refractivity contribution in [2.75, 3.05) is 12.8 Å². The zero-order chi connectivity index (χ0) is 10.8. The van der Waals surface area contributed by atoms with Gasteiger partial charge in [0.25, 0.3) is 0 Å². The lowest BCUT2D eigenvalue weighted by Gasteiger charge is -2.06. The highest BCUT2D eigenvalue weighted by molar-refractivity contribution is 5.74. The van der Waals surface area contributed by atoms with Gasteiger partial charge in [-0.3, -0.25) is 0 Å². The fraction of sp³-hybridized carbons (Fsp3) is 0.200. The lowest BCUT2D eigenvalue weighted by molar-refractivity contribution is 0.419. The van der Waals surface area contributed by atoms with Gasteiger partial charge in [-0.1, -0.05) is 0 Å². The number of fused-ring (bicyclic) bond motifs is 1. The number of nitrogen functional groups attached to an aromatic ring is 1. The average molecular weight is 202 g/mol. The Kier molecular flexibility index (Phi) is 2.18. The van der Waals surface area contributed by atoms with E-state index in [4.69, 9.17) is 15.7 Å². The third-order valence-electron chi connectivity index (χ3n) is 2.22. The van der Waals surface area contributed by atoms with Crippen LogP contribution in [0.5, 0.6) is 5.75 Å². The summed E-state index contributed by atoms with van der Waals surface area (Å²) in [6.45, 7) is 0. The molecule has 5 nitrogen and oxygen atoms in total. The van der Waals surface area contributed by atoms with Gasteiger partial charge < -0.3 is 10.5 Å². The topological polar surface area (TPSA) is 76.3 Å². The fourth-order valence-electron chi connectivity index (χ4n) is 1.55. The lowest BCUT2D eigenvalue weighted by atomic mass is 10.2. The molecule has 0 radical (unpaired) electrons. The molecule has 0 unspecified atom stereocenters. The molecule has 0 aliphatic carbocycles. The van der Waals surface area contributed by atoms with Crippen LogP contribution >= 0.6 is 0 Å². The Bertz CT molecular complexity index is 538. The molecular formula is C10H10N4O. The molecule has 2 aromatic heterocycles. The van der Waals surface area contributed by atoms with Crippen molar-refractivity contribution in [2.45, 2.75) is 6.42 Å². The number of methoxy groups -OCH3 is 1. The van der Waals surface area contributed by atoms with Crippen LogP contribution in [0.4, 0.5) is 5.69 Å². The molecule has 2 aromatic rings. The van der Waals surface area contributed by atoms with Gasteiger partial charge in [0.1, 0.15) is 5.52 Å². The maximum absolute atomic E-state index is 8.67. The van der Waals surface area contributed by atoms with E-state index in [1.807, 2.05) is 0 Å². The zero-order valence-electron chi connectivity index (χ0n) is 8.27. The predicted octanol–water partition coefficient (Wildman–Crippen LogP) is 0.991. The van der Waals surface area contributed by atoms with Gasteiger partial charge in [0, 0.05) is 11.8 Å². The molecule has 0 spiro atoms. The molecule has 2 heterocycles. The number of aromatic nitrogens is 2. The average Bonchev–Trinajstić information content (AvgIpc) is 2.63. The first-order valence-corrected chi connectivity index (χ1v) is 4.43. The van der Waals surface area contributed by atoms with Gasteiger partial charge in [-0.15, -0.1) is 0 Å². The summed E-state index contributed by atoms with van der Waals surface area (Å²) in [6.07, 6.45) is 3.69. The quantitative estimate of drug-likeness (QED) is 0.787. The van der Waals surface area contributed by atoms with E-state index in [9.17, 15) is 0 Å². The van der Waals surface area contributed by atoms with Gasteiger partial charge in [0.2, 0.25) is 0 Å². The molecule has 0 amide bonds. The fourth-order valence-corrected chi connectivity index (χ4v) is 1.55. The van der Waals surface area contributed by atoms with Crippen LogP contribution in [-0.4, -0.2) is 16.7 Å². The second-order valence-electron chi connectivity index (χ2n) is 3.10. The number of hydrogen-bond acceptors (Lipinski definition) is 4. The maximum atomic E-state index is 8.67. The highest BCUT2D eigenvalue weighted by Crippen LogP contribution is 2.29. The van der Waals surface area contributed by atoms with Gasteiger partial charge in [-0.25, -0.2) is 4.52 Å². The zero-order valence-corrected chi connectivity index (χ0v) is 8.27. The summed E-state index contributed by atoms with van der Waals surface area (Å²) >= 11 is 0. The van der Waals surface area contributed by atoms with E-state index in [2.05, 4.69) is 11.2 Å². The Hall–Kier alpha value is -2.22. The summed E-state index contributed by atoms with van der Waals surface area (Å²) < 4.78 is 6.86. The number of nitrogens with two attached hydrogens (primary N) is 1. The van der Waals surface area contributed by atoms with E-state index in [-0.39, 0.29) is 0 Å². The summed E-state index contributed by atoms with van der Waals surface area (Å²) in [6, 6.07) is 3.80. The van der Waals surface area contributed by atoms with Gasteiger partial charge in [-0.05, 0) is 6.07 Å². The Labute approximate surface area is 86.7 Å². The molecule has 0 fully saturated rings. The minimum absolute atomic E-state index is 0.295. The Morgan fingerprint density at radius 2 is 2.47 bits per heavy atom. The van der Waals surface area contributed by atoms with Crippen LogP contribution in [0.3, 0.4) is 0 Å². The Morgan fingerprint density at radius 3 is 3.13 bits per heavy atom. The molecule has 0 aromatic carbocycles. The van der Waals surface area contributed by atoms with Crippen LogP contribution < -0.4 is 10.5 Å². The Balaban J connectivity index is 2.76. The number of nitriles is 1. The van der Waals surface area contributed by atoms with Crippen molar-refractivity contribution < 1.29 is 4.74 Å². The number of ether oxygens (including phenoxy) is 1. The molecular weight excluding hydrogens is 192 g/mol. The second-order valence-corrected chi connectivity index (χ2v) is 3.10. The van der Waals surface area contributed by atoms with E-state index < -0.39 is 0 Å². The molecule has 0 saturated carbocycles. The standard InChI is InChI=1S/C10H10N4O/c1-15-10-8(12)3-5-14-9(10)7(2-4-11)6-13-14/h3,5-6H,2,12H2,1H3. The minimum Gasteiger partial charge on any atom is -0.492 e. The van der Waals surface area contributed by atoms with E-state index in [0.717, 1.165) is 11.1 Å². The Morgan fingerprint density at radius 1 is 1.67 bits per heavy atom. The smallest absolute Gasteiger partial charge is 0.167 e. The molecule has 0 bridgehead atoms. The molecule has 0 aliphatic rings. The van der Waals surface area contributed by atoms with Crippen LogP contribution in [0.2, 0.25) is 0 Å². The van der Waals surface area contributed by atoms with Gasteiger partial charge >= 0.3 is 0 Å². The number of pyridine rings is 1. The van der Waals surface area contributed by atoms with Crippen LogP contribution in [-0.2, 0) is 6.42 Å². The van der Waals surface area contributed by atoms with Crippen molar-refractivity contribution in [1.82, 2.24) is 9.61 Å². The van der Waals surface area contributed by atoms with Crippen molar-refractivity contribution >= 4 is 11.2 Å². The van der Waals surface area contributed by atoms with E-state index >= 15 is 0 Å². The van der Waals surface area contributed by atoms with Crippen molar-refractivity contribution in [1.29, 1.82) is 5.26 Å². The van der Waals surface area contributed by atoms with Crippen molar-refractivity contribution in [3.05, 3.63) is 24.0 Å². The van der Waals surface area contributed by atoms with Crippen LogP contribution in [0, 0.1) is 11.3 Å². The van der Waals surface area contributed by atoms with Gasteiger partial charge in [0.05, 0.1) is 31.5 Å². The SMILES string of the molecule is COc1c(N)ccn2ncc(CC#N)c12. The van der Waals surface area contributed by atoms with Crippen LogP contribution in [0.25, 0.3) is 5.52 Å². The maximum Gasteiger partial charge on any atom is 0.167 e. The number of hydrogen-bond donors (Lipinski definition) is 1. The van der Waals surface area contributed by atoms with Crippen LogP contribution in [0.1, 0.15) is 5.56 Å². The van der Waals surface area contributed by atoms with Gasteiger partial charge in [-0.2, -0.15) is 10.4 Å². The molecule has 2 N–H and O–H groups in total. The van der Waals surface area contributed by atoms with Crippen molar-refractivity contribution in [3.63, 3.8) is 0 Å². The summed E-state index contributed by atoms with van der Waals surface area (Å²) in [4.78, 5) is 0. The first kappa shape index (κ1) is 9.34. The molecule has 0 atom stereocenters. The summed E-state index contributed by atoms with van der Waals surface area (Å²) in [5.41, 5.74) is 7.90. The third kappa shape index (κ3) is 1.36. The minimum atomic E-state index is 0.295. The number of anilines is 1. The predicted molar refractivity (Wildman–Crippen MR) is 55.5 cm³/mol. The van der Waals surface area contributed by atoms with E-state index in [0.29, 0.717) is 17.9 Å². The lowest BCUT2D eigenvalue weighted by Crippen LogP contribution is -1.97. The largest absolute Gasteiger partial charge is 0.492 e. The monoisotopic (exact) mass is 202 g/mol. The van der Waals surface area contributed by atoms with Crippen LogP contribution in [0.15, 0.2) is 18.5 Å². The summed E-state index contributed by atoms with van der Waals surface area (Å²) in [5, 5.41) is 12.8. The summed E-state index contributed by atoms with van der Waals surface area (Å²) in [7, 11) is 1.55. The molecule has 5 heteroatoms. The van der Waals surface area contributed by atoms with Crippen molar-refractivity contribution in [2.24, 2.45) is 0 Å². The molecule has 76 valence electrons. The normalized spacial score (nSPS) is 10.1. The molecule has 15 heavy (non-hydrogen) atoms. The molecule has 2 rings (SSSR count). The highest BCUT2D eigenvalue weighted by Gasteiger charge is 2.11. The first-order valence-electron chi connectivity index (χ1n) is 4.43. The highest BCUT2D eigenvalue weighted by atomic mass is 16.5. The third-order valence-corrected chi connectivity index (χ3v) is 2.22. The van der Waals surface area contributed by atoms with E-state index in [1.165, 1.54) is 0 Å². The molecule has 0 aliphatic heterocycles. The van der Waals surface area contributed by atoms with Gasteiger partial charge in [0.15, 0.2) is 5.75 Å². The van der Waals surface area contributed by atoms with E-state index in [1.54, 1.807) is 30.1 Å². The molecule has 0 saturated heterocycles. The number of nitrogens with zero attached hydrogens (tertiary/aromatic N) is 3. The second kappa shape index (κ2) is 3.50. The summed E-state index contributed by atoms with van der Waals surface area (Å²) in [5.74, 6) is 0.570. The number of rotatable bonds is 2.